The lowest BCUT2D eigenvalue weighted by Gasteiger charge is -2.58. The van der Waals surface area contributed by atoms with Crippen LogP contribution < -0.4 is 0 Å². The Morgan fingerprint density at radius 1 is 1.05 bits per heavy atom. The molecule has 1 heterocycles. The van der Waals surface area contributed by atoms with Crippen LogP contribution in [-0.2, 0) is 9.53 Å². The number of aromatic nitrogens is 1. The average molecular weight is 598 g/mol. The van der Waals surface area contributed by atoms with Crippen LogP contribution in [0.25, 0.3) is 0 Å². The summed E-state index contributed by atoms with van der Waals surface area (Å²) in [5, 5.41) is 1.02. The highest BCUT2D eigenvalue weighted by atomic mass is 33.1. The third kappa shape index (κ3) is 7.08. The van der Waals surface area contributed by atoms with E-state index in [2.05, 4.69) is 45.7 Å². The maximum atomic E-state index is 12.7. The molecular weight excluding hydrogens is 543 g/mol. The van der Waals surface area contributed by atoms with Gasteiger partial charge >= 0.3 is 5.97 Å². The van der Waals surface area contributed by atoms with Crippen molar-refractivity contribution in [3.63, 3.8) is 0 Å². The van der Waals surface area contributed by atoms with Crippen LogP contribution in [0.5, 0.6) is 0 Å². The van der Waals surface area contributed by atoms with Crippen molar-refractivity contribution in [2.75, 3.05) is 5.75 Å². The number of fused-ring (bicyclic) bond motifs is 5. The Bertz CT molecular complexity index is 1040. The van der Waals surface area contributed by atoms with E-state index in [-0.39, 0.29) is 12.1 Å². The van der Waals surface area contributed by atoms with Gasteiger partial charge in [-0.15, -0.1) is 0 Å². The van der Waals surface area contributed by atoms with Gasteiger partial charge in [-0.25, -0.2) is 4.98 Å². The van der Waals surface area contributed by atoms with Crippen LogP contribution >= 0.6 is 21.6 Å². The summed E-state index contributed by atoms with van der Waals surface area (Å²) in [5.41, 5.74) is 2.47. The van der Waals surface area contributed by atoms with Crippen LogP contribution in [-0.4, -0.2) is 22.8 Å². The molecule has 1 aromatic heterocycles. The third-order valence-corrected chi connectivity index (χ3v) is 14.3. The molecule has 5 heteroatoms. The van der Waals surface area contributed by atoms with Gasteiger partial charge in [0, 0.05) is 24.8 Å². The number of esters is 1. The second-order valence-corrected chi connectivity index (χ2v) is 17.3. The SMILES string of the molecule is CC(C)CCC[C@@H](C)C1CCC2C3CC=C4C[C@@H](OC(=O)CCCSSc5ccccn5)CC[C@]4(C)C3CC[C@@]21C. The van der Waals surface area contributed by atoms with Crippen LogP contribution in [0.1, 0.15) is 118 Å². The molecule has 0 saturated heterocycles. The normalized spacial score (nSPS) is 35.3. The standard InChI is InChI=1S/C36H55NO2S2/c1-25(2)10-8-11-26(3)30-16-17-31-29-15-14-27-24-28(18-20-35(27,4)32(29)19-21-36(30,31)5)39-34(38)13-9-23-40-41-33-12-6-7-22-37-33/h6-7,12,14,22,25-26,28-32H,8-11,13,15-21,23-24H2,1-5H3/t26-,28+,29?,30?,31?,32?,35+,36-/m1/s1. The molecule has 4 unspecified atom stereocenters. The quantitative estimate of drug-likeness (QED) is 0.104. The molecule has 5 rings (SSSR count). The Labute approximate surface area is 258 Å². The number of carbonyl (C=O) groups excluding carboxylic acids is 1. The molecule has 0 aromatic carbocycles. The fraction of sp³-hybridized carbons (Fsp3) is 0.778. The first-order valence-corrected chi connectivity index (χ1v) is 19.1. The molecule has 4 aliphatic carbocycles. The minimum absolute atomic E-state index is 0.00994. The first-order chi connectivity index (χ1) is 19.7. The van der Waals surface area contributed by atoms with Crippen molar-refractivity contribution < 1.29 is 9.53 Å². The Morgan fingerprint density at radius 2 is 1.90 bits per heavy atom. The molecule has 4 aliphatic rings. The number of rotatable bonds is 12. The number of nitrogens with zero attached hydrogens (tertiary/aromatic N) is 1. The van der Waals surface area contributed by atoms with Crippen LogP contribution in [0.4, 0.5) is 0 Å². The van der Waals surface area contributed by atoms with Gasteiger partial charge in [0.15, 0.2) is 0 Å². The smallest absolute Gasteiger partial charge is 0.306 e. The first-order valence-electron chi connectivity index (χ1n) is 16.8. The lowest BCUT2D eigenvalue weighted by Crippen LogP contribution is -2.51. The fourth-order valence-electron chi connectivity index (χ4n) is 9.77. The van der Waals surface area contributed by atoms with Crippen molar-refractivity contribution in [3.05, 3.63) is 36.0 Å². The van der Waals surface area contributed by atoms with E-state index in [1.165, 1.54) is 57.8 Å². The van der Waals surface area contributed by atoms with Crippen molar-refractivity contribution >= 4 is 27.6 Å². The zero-order chi connectivity index (χ0) is 29.0. The van der Waals surface area contributed by atoms with Crippen molar-refractivity contribution in [2.24, 2.45) is 46.3 Å². The number of ether oxygens (including phenoxy) is 1. The first kappa shape index (κ1) is 31.5. The van der Waals surface area contributed by atoms with Crippen molar-refractivity contribution in [2.45, 2.75) is 129 Å². The number of hydrogen-bond acceptors (Lipinski definition) is 5. The van der Waals surface area contributed by atoms with Crippen LogP contribution in [0.15, 0.2) is 41.1 Å². The summed E-state index contributed by atoms with van der Waals surface area (Å²) in [5.74, 6) is 6.12. The zero-order valence-corrected chi connectivity index (χ0v) is 28.0. The third-order valence-electron chi connectivity index (χ3n) is 11.9. The highest BCUT2D eigenvalue weighted by molar-refractivity contribution is 8.76. The highest BCUT2D eigenvalue weighted by Gasteiger charge is 2.59. The largest absolute Gasteiger partial charge is 0.462 e. The van der Waals surface area contributed by atoms with E-state index in [1.807, 2.05) is 24.4 Å². The van der Waals surface area contributed by atoms with Gasteiger partial charge in [0.1, 0.15) is 11.1 Å². The van der Waals surface area contributed by atoms with Gasteiger partial charge in [-0.05, 0) is 121 Å². The molecule has 8 atom stereocenters. The Kier molecular flexibility index (Phi) is 10.6. The lowest BCUT2D eigenvalue weighted by molar-refractivity contribution is -0.151. The van der Waals surface area contributed by atoms with Crippen molar-refractivity contribution in [1.82, 2.24) is 4.98 Å². The zero-order valence-electron chi connectivity index (χ0n) is 26.4. The van der Waals surface area contributed by atoms with Crippen molar-refractivity contribution in [3.8, 4) is 0 Å². The maximum absolute atomic E-state index is 12.7. The molecule has 0 bridgehead atoms. The summed E-state index contributed by atoms with van der Waals surface area (Å²) in [6, 6.07) is 5.97. The second-order valence-electron chi connectivity index (χ2n) is 14.8. The molecule has 3 saturated carbocycles. The van der Waals surface area contributed by atoms with Gasteiger partial charge in [0.25, 0.3) is 0 Å². The monoisotopic (exact) mass is 597 g/mol. The topological polar surface area (TPSA) is 39.2 Å². The minimum Gasteiger partial charge on any atom is -0.462 e. The minimum atomic E-state index is -0.00994. The van der Waals surface area contributed by atoms with E-state index in [0.29, 0.717) is 17.3 Å². The van der Waals surface area contributed by atoms with E-state index in [4.69, 9.17) is 4.74 Å². The van der Waals surface area contributed by atoms with Gasteiger partial charge in [0.2, 0.25) is 0 Å². The lowest BCUT2D eigenvalue weighted by atomic mass is 9.47. The van der Waals surface area contributed by atoms with E-state index in [9.17, 15) is 4.79 Å². The average Bonchev–Trinajstić information content (AvgIpc) is 3.31. The van der Waals surface area contributed by atoms with Crippen molar-refractivity contribution in [1.29, 1.82) is 0 Å². The van der Waals surface area contributed by atoms with E-state index in [0.717, 1.165) is 65.5 Å². The summed E-state index contributed by atoms with van der Waals surface area (Å²) in [4.78, 5) is 17.0. The molecule has 0 aliphatic heterocycles. The summed E-state index contributed by atoms with van der Waals surface area (Å²) in [6.07, 6.45) is 20.3. The molecular formula is C36H55NO2S2. The molecule has 0 spiro atoms. The number of allylic oxidation sites excluding steroid dienone is 1. The summed E-state index contributed by atoms with van der Waals surface area (Å²) < 4.78 is 6.05. The Morgan fingerprint density at radius 3 is 2.68 bits per heavy atom. The predicted molar refractivity (Wildman–Crippen MR) is 175 cm³/mol. The highest BCUT2D eigenvalue weighted by Crippen LogP contribution is 2.67. The molecule has 0 amide bonds. The Balaban J connectivity index is 1.11. The van der Waals surface area contributed by atoms with Gasteiger partial charge in [0.05, 0.1) is 0 Å². The summed E-state index contributed by atoms with van der Waals surface area (Å²) in [6.45, 7) is 12.6. The molecule has 3 fully saturated rings. The van der Waals surface area contributed by atoms with Gasteiger partial charge in [-0.1, -0.05) is 82.4 Å². The fourth-order valence-corrected chi connectivity index (χ4v) is 11.7. The predicted octanol–water partition coefficient (Wildman–Crippen LogP) is 10.6. The summed E-state index contributed by atoms with van der Waals surface area (Å²) >= 11 is 0. The van der Waals surface area contributed by atoms with Gasteiger partial charge in [-0.2, -0.15) is 0 Å². The molecule has 0 radical (unpaired) electrons. The van der Waals surface area contributed by atoms with E-state index in [1.54, 1.807) is 27.2 Å². The molecule has 1 aromatic rings. The van der Waals surface area contributed by atoms with E-state index < -0.39 is 0 Å². The molecule has 228 valence electrons. The second kappa shape index (κ2) is 13.8. The number of hydrogen-bond donors (Lipinski definition) is 0. The van der Waals surface area contributed by atoms with E-state index >= 15 is 0 Å². The molecule has 41 heavy (non-hydrogen) atoms. The van der Waals surface area contributed by atoms with Gasteiger partial charge in [-0.3, -0.25) is 4.79 Å². The summed E-state index contributed by atoms with van der Waals surface area (Å²) in [7, 11) is 3.45. The van der Waals surface area contributed by atoms with Crippen LogP contribution in [0.2, 0.25) is 0 Å². The van der Waals surface area contributed by atoms with Gasteiger partial charge < -0.3 is 4.74 Å². The van der Waals surface area contributed by atoms with Crippen LogP contribution in [0.3, 0.4) is 0 Å². The number of carbonyl (C=O) groups is 1. The molecule has 0 N–H and O–H groups in total. The molecule has 3 nitrogen and oxygen atoms in total. The maximum Gasteiger partial charge on any atom is 0.306 e. The Hall–Kier alpha value is -0.940. The number of pyridine rings is 1. The van der Waals surface area contributed by atoms with Crippen LogP contribution in [0, 0.1) is 46.3 Å².